The van der Waals surface area contributed by atoms with Crippen LogP contribution in [0.15, 0.2) is 40.5 Å². The van der Waals surface area contributed by atoms with E-state index < -0.39 is 35.0 Å². The van der Waals surface area contributed by atoms with Gasteiger partial charge in [-0.15, -0.1) is 11.3 Å². The van der Waals surface area contributed by atoms with E-state index in [1.165, 1.54) is 40.6 Å². The molecule has 0 amide bonds. The molecule has 0 fully saturated rings. The first-order valence-corrected chi connectivity index (χ1v) is 9.55. The first-order valence-electron chi connectivity index (χ1n) is 8.67. The van der Waals surface area contributed by atoms with E-state index in [1.54, 1.807) is 14.1 Å². The Bertz CT molecular complexity index is 1120. The molecule has 0 aliphatic rings. The lowest BCUT2D eigenvalue weighted by molar-refractivity contribution is -0.590. The highest BCUT2D eigenvalue weighted by molar-refractivity contribution is 7.10. The van der Waals surface area contributed by atoms with Crippen LogP contribution in [0.1, 0.15) is 22.7 Å². The van der Waals surface area contributed by atoms with Crippen LogP contribution in [0.25, 0.3) is 0 Å². The molecule has 0 spiro atoms. The van der Waals surface area contributed by atoms with Gasteiger partial charge in [0.15, 0.2) is 5.69 Å². The second-order valence-corrected chi connectivity index (χ2v) is 7.75. The number of aliphatic hydroxyl groups excluding tert-OH is 1. The van der Waals surface area contributed by atoms with Crippen molar-refractivity contribution in [3.8, 4) is 11.5 Å². The topological polar surface area (TPSA) is 107 Å². The molecule has 2 aromatic carbocycles. The molecule has 2 atom stereocenters. The van der Waals surface area contributed by atoms with Crippen molar-refractivity contribution in [3.63, 3.8) is 0 Å². The highest BCUT2D eigenvalue weighted by Gasteiger charge is 2.47. The van der Waals surface area contributed by atoms with E-state index in [9.17, 15) is 33.3 Å². The van der Waals surface area contributed by atoms with E-state index >= 15 is 0 Å². The smallest absolute Gasteiger partial charge is 0.456 e. The SMILES string of the molecule is CN(C)C(O)c1cccc(Nc2c(O)c(=O)c2=[NH+][C@@H](c2cccs2)C(F)(F)F)c1O. The lowest BCUT2D eigenvalue weighted by Crippen LogP contribution is -2.84. The van der Waals surface area contributed by atoms with E-state index in [4.69, 9.17) is 0 Å². The predicted octanol–water partition coefficient (Wildman–Crippen LogP) is 0.976. The van der Waals surface area contributed by atoms with Crippen molar-refractivity contribution in [3.05, 3.63) is 61.7 Å². The van der Waals surface area contributed by atoms with Gasteiger partial charge in [0, 0.05) is 5.56 Å². The van der Waals surface area contributed by atoms with Gasteiger partial charge in [-0.3, -0.25) is 9.69 Å². The molecule has 0 aliphatic carbocycles. The van der Waals surface area contributed by atoms with Crippen molar-refractivity contribution in [1.29, 1.82) is 0 Å². The van der Waals surface area contributed by atoms with Crippen molar-refractivity contribution in [1.82, 2.24) is 4.90 Å². The maximum atomic E-state index is 13.5. The molecule has 0 aliphatic heterocycles. The summed E-state index contributed by atoms with van der Waals surface area (Å²) in [6, 6.07) is 4.96. The molecule has 1 heterocycles. The van der Waals surface area contributed by atoms with Crippen LogP contribution in [0, 0.1) is 0 Å². The van der Waals surface area contributed by atoms with Gasteiger partial charge in [-0.2, -0.15) is 13.2 Å². The second kappa shape index (κ2) is 8.09. The summed E-state index contributed by atoms with van der Waals surface area (Å²) in [4.78, 5) is 15.6. The number of rotatable bonds is 6. The van der Waals surface area contributed by atoms with Gasteiger partial charge < -0.3 is 20.6 Å². The summed E-state index contributed by atoms with van der Waals surface area (Å²) in [5.41, 5.74) is -1.12. The zero-order valence-electron chi connectivity index (χ0n) is 15.9. The van der Waals surface area contributed by atoms with Gasteiger partial charge in [-0.1, -0.05) is 18.2 Å². The van der Waals surface area contributed by atoms with E-state index in [0.29, 0.717) is 0 Å². The van der Waals surface area contributed by atoms with Gasteiger partial charge in [0.25, 0.3) is 16.8 Å². The third-order valence-corrected chi connectivity index (χ3v) is 5.40. The number of nitrogens with zero attached hydrogens (tertiary/aromatic N) is 1. The van der Waals surface area contributed by atoms with Crippen LogP contribution in [-0.4, -0.2) is 40.5 Å². The number of hydrogen-bond donors (Lipinski definition) is 5. The Morgan fingerprint density at radius 3 is 2.40 bits per heavy atom. The Hall–Kier alpha value is -2.89. The van der Waals surface area contributed by atoms with Crippen molar-refractivity contribution in [2.24, 2.45) is 0 Å². The fraction of sp³-hybridized carbons (Fsp3) is 0.263. The Morgan fingerprint density at radius 1 is 1.13 bits per heavy atom. The fourth-order valence-corrected chi connectivity index (χ4v) is 3.66. The minimum Gasteiger partial charge on any atom is -0.505 e. The molecular formula is C19H19F3N3O4S+. The van der Waals surface area contributed by atoms with Gasteiger partial charge in [0.2, 0.25) is 5.75 Å². The van der Waals surface area contributed by atoms with Crippen LogP contribution in [0.4, 0.5) is 24.5 Å². The summed E-state index contributed by atoms with van der Waals surface area (Å²) in [7, 11) is 3.17. The Balaban J connectivity index is 2.04. The third-order valence-electron chi connectivity index (χ3n) is 4.47. The lowest BCUT2D eigenvalue weighted by Gasteiger charge is -2.21. The number of anilines is 2. The second-order valence-electron chi connectivity index (χ2n) is 6.77. The number of para-hydroxylation sites is 1. The fourth-order valence-electron chi connectivity index (χ4n) is 2.86. The normalized spacial score (nSPS) is 15.0. The van der Waals surface area contributed by atoms with Gasteiger partial charge >= 0.3 is 6.18 Å². The quantitative estimate of drug-likeness (QED) is 0.288. The molecule has 0 radical (unpaired) electrons. The minimum atomic E-state index is -4.69. The van der Waals surface area contributed by atoms with Gasteiger partial charge in [-0.05, 0) is 31.6 Å². The molecule has 0 saturated heterocycles. The summed E-state index contributed by atoms with van der Waals surface area (Å²) in [5.74, 6) is -1.13. The maximum Gasteiger partial charge on any atom is 0.456 e. The molecule has 30 heavy (non-hydrogen) atoms. The van der Waals surface area contributed by atoms with Crippen LogP contribution in [0.5, 0.6) is 11.5 Å². The van der Waals surface area contributed by atoms with Crippen LogP contribution in [0.3, 0.4) is 0 Å². The van der Waals surface area contributed by atoms with Crippen LogP contribution < -0.4 is 21.1 Å². The molecule has 3 aromatic rings. The van der Waals surface area contributed by atoms with E-state index in [1.807, 2.05) is 0 Å². The summed E-state index contributed by atoms with van der Waals surface area (Å²) in [5, 5.41) is 34.1. The maximum absolute atomic E-state index is 13.5. The van der Waals surface area contributed by atoms with E-state index in [2.05, 4.69) is 10.3 Å². The number of alkyl halides is 3. The first kappa shape index (κ1) is 21.8. The highest BCUT2D eigenvalue weighted by atomic mass is 32.1. The van der Waals surface area contributed by atoms with Crippen LogP contribution >= 0.6 is 11.3 Å². The molecule has 5 N–H and O–H groups in total. The molecule has 1 unspecified atom stereocenters. The highest BCUT2D eigenvalue weighted by Crippen LogP contribution is 2.35. The number of benzene rings is 1. The Morgan fingerprint density at radius 2 is 1.83 bits per heavy atom. The summed E-state index contributed by atoms with van der Waals surface area (Å²) >= 11 is 0.873. The largest absolute Gasteiger partial charge is 0.505 e. The van der Waals surface area contributed by atoms with Gasteiger partial charge in [0.05, 0.1) is 10.6 Å². The molecule has 160 valence electrons. The molecular weight excluding hydrogens is 423 g/mol. The zero-order chi connectivity index (χ0) is 22.2. The van der Waals surface area contributed by atoms with Crippen LogP contribution in [-0.2, 0) is 0 Å². The van der Waals surface area contributed by atoms with Crippen LogP contribution in [0.2, 0.25) is 0 Å². The van der Waals surface area contributed by atoms with Gasteiger partial charge in [-0.25, -0.2) is 4.99 Å². The number of phenols is 1. The number of hydrogen-bond acceptors (Lipinski definition) is 7. The third kappa shape index (κ3) is 4.04. The lowest BCUT2D eigenvalue weighted by atomic mass is 10.1. The molecule has 3 rings (SSSR count). The summed E-state index contributed by atoms with van der Waals surface area (Å²) in [6.07, 6.45) is -5.83. The zero-order valence-corrected chi connectivity index (χ0v) is 16.7. The Labute approximate surface area is 172 Å². The number of aliphatic hydroxyl groups is 1. The number of phenolic OH excluding ortho intramolecular Hbond substituents is 1. The van der Waals surface area contributed by atoms with Crippen molar-refractivity contribution < 1.29 is 33.5 Å². The average Bonchev–Trinajstić information content (AvgIpc) is 3.20. The molecule has 0 bridgehead atoms. The van der Waals surface area contributed by atoms with Crippen molar-refractivity contribution in [2.45, 2.75) is 18.4 Å². The van der Waals surface area contributed by atoms with E-state index in [-0.39, 0.29) is 27.6 Å². The molecule has 1 aromatic heterocycles. The first-order chi connectivity index (χ1) is 14.0. The van der Waals surface area contributed by atoms with Crippen molar-refractivity contribution in [2.75, 3.05) is 19.4 Å². The summed E-state index contributed by atoms with van der Waals surface area (Å²) in [6.45, 7) is 0. The molecule has 11 heteroatoms. The predicted molar refractivity (Wildman–Crippen MR) is 104 cm³/mol. The number of halogens is 3. The van der Waals surface area contributed by atoms with Gasteiger partial charge in [0.1, 0.15) is 12.0 Å². The number of aromatic hydroxyl groups is 2. The van der Waals surface area contributed by atoms with Crippen molar-refractivity contribution >= 4 is 22.7 Å². The average molecular weight is 442 g/mol. The monoisotopic (exact) mass is 442 g/mol. The number of nitrogens with one attached hydrogen (secondary N) is 2. The number of thiophene rings is 1. The standard InChI is InChI=1S/C19H18F3N3O4S/c1-25(2)18(29)9-5-3-6-10(14(9)26)23-12-13(16(28)15(12)27)24-17(19(20,21)22)11-7-4-8-30-11/h3-8,17-18,23,26-27,29H,1-2H3/p+1/t17-,18?/m0/s1. The summed E-state index contributed by atoms with van der Waals surface area (Å²) < 4.78 is 40.5. The molecule has 7 nitrogen and oxygen atoms in total. The minimum absolute atomic E-state index is 0.00133. The Kier molecular flexibility index (Phi) is 5.88. The van der Waals surface area contributed by atoms with E-state index in [0.717, 1.165) is 11.3 Å². The molecule has 0 saturated carbocycles.